The zero-order valence-corrected chi connectivity index (χ0v) is 16.6. The number of β-amino-alcohol motifs (C(OH)–C–C–N with tert-alkyl or cyclic N) is 1. The summed E-state index contributed by atoms with van der Waals surface area (Å²) in [6, 6.07) is 13.5. The maximum atomic E-state index is 11.5. The highest BCUT2D eigenvalue weighted by atomic mass is 16.5. The Bertz CT molecular complexity index is 1030. The number of aromatic amines is 2. The van der Waals surface area contributed by atoms with Crippen LogP contribution in [0.5, 0.6) is 5.75 Å². The van der Waals surface area contributed by atoms with Gasteiger partial charge in [0.2, 0.25) is 0 Å². The van der Waals surface area contributed by atoms with Crippen LogP contribution in [0.1, 0.15) is 31.2 Å². The lowest BCUT2D eigenvalue weighted by atomic mass is 9.88. The molecule has 1 fully saturated rings. The Labute approximate surface area is 169 Å². The van der Waals surface area contributed by atoms with Gasteiger partial charge in [0.05, 0.1) is 16.7 Å². The number of rotatable bonds is 6. The molecule has 0 aliphatic carbocycles. The number of nitrogens with two attached hydrogens (primary N) is 1. The fourth-order valence-corrected chi connectivity index (χ4v) is 4.10. The van der Waals surface area contributed by atoms with E-state index in [1.807, 2.05) is 24.3 Å². The first-order valence-corrected chi connectivity index (χ1v) is 10.0. The Morgan fingerprint density at radius 3 is 2.66 bits per heavy atom. The van der Waals surface area contributed by atoms with Crippen molar-refractivity contribution in [2.45, 2.75) is 31.3 Å². The molecule has 0 saturated carbocycles. The number of anilines is 1. The van der Waals surface area contributed by atoms with Gasteiger partial charge in [-0.25, -0.2) is 4.79 Å². The third-order valence-electron chi connectivity index (χ3n) is 5.62. The van der Waals surface area contributed by atoms with Crippen LogP contribution < -0.4 is 16.2 Å². The lowest BCUT2D eigenvalue weighted by Crippen LogP contribution is -2.47. The number of aromatic nitrogens is 2. The summed E-state index contributed by atoms with van der Waals surface area (Å²) in [5.74, 6) is 1.06. The first-order valence-electron chi connectivity index (χ1n) is 10.0. The van der Waals surface area contributed by atoms with Gasteiger partial charge in [0, 0.05) is 6.54 Å². The van der Waals surface area contributed by atoms with Crippen LogP contribution in [0, 0.1) is 0 Å². The van der Waals surface area contributed by atoms with Crippen LogP contribution in [0.25, 0.3) is 11.0 Å². The fraction of sp³-hybridized carbons (Fsp3) is 0.409. The molecule has 154 valence electrons. The molecule has 0 amide bonds. The van der Waals surface area contributed by atoms with Crippen molar-refractivity contribution in [2.24, 2.45) is 0 Å². The van der Waals surface area contributed by atoms with Crippen molar-refractivity contribution in [3.05, 3.63) is 58.5 Å². The summed E-state index contributed by atoms with van der Waals surface area (Å²) in [6.07, 6.45) is 2.03. The summed E-state index contributed by atoms with van der Waals surface area (Å²) in [7, 11) is 0. The normalized spacial score (nSPS) is 18.0. The fourth-order valence-electron chi connectivity index (χ4n) is 4.10. The average Bonchev–Trinajstić information content (AvgIpc) is 3.07. The number of aliphatic hydroxyl groups is 1. The minimum absolute atomic E-state index is 0.173. The number of nitrogens with one attached hydrogen (secondary N) is 2. The van der Waals surface area contributed by atoms with Gasteiger partial charge < -0.3 is 30.4 Å². The molecule has 1 aromatic heterocycles. The summed E-state index contributed by atoms with van der Waals surface area (Å²) in [4.78, 5) is 19.4. The summed E-state index contributed by atoms with van der Waals surface area (Å²) in [5, 5.41) is 10.8. The van der Waals surface area contributed by atoms with Crippen LogP contribution in [0.15, 0.2) is 47.3 Å². The van der Waals surface area contributed by atoms with E-state index in [2.05, 4.69) is 27.0 Å². The smallest absolute Gasteiger partial charge is 0.323 e. The third-order valence-corrected chi connectivity index (χ3v) is 5.62. The molecule has 3 aromatic rings. The van der Waals surface area contributed by atoms with E-state index in [9.17, 15) is 9.90 Å². The van der Waals surface area contributed by atoms with Crippen molar-refractivity contribution in [1.29, 1.82) is 0 Å². The van der Waals surface area contributed by atoms with Crippen molar-refractivity contribution in [3.63, 3.8) is 0 Å². The largest absolute Gasteiger partial charge is 0.488 e. The molecule has 1 aliphatic heterocycles. The Morgan fingerprint density at radius 2 is 1.90 bits per heavy atom. The van der Waals surface area contributed by atoms with Crippen molar-refractivity contribution in [2.75, 3.05) is 32.0 Å². The van der Waals surface area contributed by atoms with Crippen LogP contribution in [0.3, 0.4) is 0 Å². The van der Waals surface area contributed by atoms with E-state index >= 15 is 0 Å². The molecule has 29 heavy (non-hydrogen) atoms. The third kappa shape index (κ3) is 4.63. The van der Waals surface area contributed by atoms with Crippen molar-refractivity contribution < 1.29 is 9.84 Å². The molecular weight excluding hydrogens is 368 g/mol. The number of nitrogen functional groups attached to an aromatic ring is 1. The molecule has 0 radical (unpaired) electrons. The van der Waals surface area contributed by atoms with E-state index in [-0.39, 0.29) is 12.3 Å². The van der Waals surface area contributed by atoms with Crippen LogP contribution in [-0.2, 0) is 0 Å². The van der Waals surface area contributed by atoms with Crippen LogP contribution >= 0.6 is 0 Å². The second-order valence-corrected chi connectivity index (χ2v) is 8.26. The highest BCUT2D eigenvalue weighted by molar-refractivity contribution is 5.75. The second kappa shape index (κ2) is 7.93. The molecule has 1 saturated heterocycles. The molecule has 7 heteroatoms. The zero-order valence-electron chi connectivity index (χ0n) is 16.6. The van der Waals surface area contributed by atoms with Gasteiger partial charge in [-0.15, -0.1) is 0 Å². The van der Waals surface area contributed by atoms with Crippen LogP contribution in [0.4, 0.5) is 5.69 Å². The number of likely N-dealkylation sites (tertiary alicyclic amines) is 1. The SMILES string of the molecule is CC(O)(COc1ccccc1N)CN1CCC(c2ccc3[nH]c(=O)[nH]c3c2)CC1. The predicted octanol–water partition coefficient (Wildman–Crippen LogP) is 2.45. The zero-order chi connectivity index (χ0) is 20.4. The molecule has 5 N–H and O–H groups in total. The summed E-state index contributed by atoms with van der Waals surface area (Å²) < 4.78 is 5.74. The van der Waals surface area contributed by atoms with Crippen LogP contribution in [0.2, 0.25) is 0 Å². The Hall–Kier alpha value is -2.77. The average molecular weight is 396 g/mol. The van der Waals surface area contributed by atoms with Gasteiger partial charge in [0.15, 0.2) is 0 Å². The molecule has 1 aliphatic rings. The maximum Gasteiger partial charge on any atom is 0.323 e. The molecule has 2 heterocycles. The van der Waals surface area contributed by atoms with E-state index in [0.717, 1.165) is 37.0 Å². The molecule has 0 bridgehead atoms. The summed E-state index contributed by atoms with van der Waals surface area (Å²) in [5.41, 5.74) is 8.29. The molecule has 1 unspecified atom stereocenters. The monoisotopic (exact) mass is 396 g/mol. The minimum atomic E-state index is -0.960. The van der Waals surface area contributed by atoms with Gasteiger partial charge in [-0.2, -0.15) is 0 Å². The standard InChI is InChI=1S/C22H28N4O3/c1-22(28,14-29-20-5-3-2-4-17(20)23)13-26-10-8-15(9-11-26)16-6-7-18-19(12-16)25-21(27)24-18/h2-7,12,15,28H,8-11,13-14,23H2,1H3,(H2,24,25,27). The maximum absolute atomic E-state index is 11.5. The van der Waals surface area contributed by atoms with Crippen LogP contribution in [-0.4, -0.2) is 51.8 Å². The lowest BCUT2D eigenvalue weighted by molar-refractivity contribution is -0.0219. The van der Waals surface area contributed by atoms with Crippen molar-refractivity contribution in [3.8, 4) is 5.75 Å². The van der Waals surface area contributed by atoms with E-state index in [1.54, 1.807) is 13.0 Å². The van der Waals surface area contributed by atoms with Gasteiger partial charge in [0.1, 0.15) is 18.0 Å². The van der Waals surface area contributed by atoms with Crippen molar-refractivity contribution in [1.82, 2.24) is 14.9 Å². The molecule has 4 rings (SSSR count). The second-order valence-electron chi connectivity index (χ2n) is 8.26. The van der Waals surface area contributed by atoms with Gasteiger partial charge in [0.25, 0.3) is 0 Å². The number of imidazole rings is 1. The predicted molar refractivity (Wildman–Crippen MR) is 114 cm³/mol. The number of nitrogens with zero attached hydrogens (tertiary/aromatic N) is 1. The first-order chi connectivity index (χ1) is 13.9. The first kappa shape index (κ1) is 19.5. The van der Waals surface area contributed by atoms with Gasteiger partial charge >= 0.3 is 5.69 Å². The minimum Gasteiger partial charge on any atom is -0.488 e. The van der Waals surface area contributed by atoms with Crippen molar-refractivity contribution >= 4 is 16.7 Å². The number of para-hydroxylation sites is 2. The molecular formula is C22H28N4O3. The Morgan fingerprint density at radius 1 is 1.17 bits per heavy atom. The highest BCUT2D eigenvalue weighted by Gasteiger charge is 2.29. The van der Waals surface area contributed by atoms with E-state index in [0.29, 0.717) is 23.9 Å². The number of benzene rings is 2. The molecule has 2 aromatic carbocycles. The summed E-state index contributed by atoms with van der Waals surface area (Å²) in [6.45, 7) is 4.37. The number of H-pyrrole nitrogens is 2. The number of piperidine rings is 1. The quantitative estimate of drug-likeness (QED) is 0.479. The Kier molecular flexibility index (Phi) is 5.34. The highest BCUT2D eigenvalue weighted by Crippen LogP contribution is 2.30. The number of ether oxygens (including phenoxy) is 1. The molecule has 1 atom stereocenters. The van der Waals surface area contributed by atoms with E-state index < -0.39 is 5.60 Å². The molecule has 7 nitrogen and oxygen atoms in total. The van der Waals surface area contributed by atoms with E-state index in [1.165, 1.54) is 5.56 Å². The van der Waals surface area contributed by atoms with E-state index in [4.69, 9.17) is 10.5 Å². The summed E-state index contributed by atoms with van der Waals surface area (Å²) >= 11 is 0. The molecule has 0 spiro atoms. The van der Waals surface area contributed by atoms with Gasteiger partial charge in [-0.05, 0) is 68.6 Å². The Balaban J connectivity index is 1.31. The van der Waals surface area contributed by atoms with Gasteiger partial charge in [-0.1, -0.05) is 18.2 Å². The van der Waals surface area contributed by atoms with Gasteiger partial charge in [-0.3, -0.25) is 0 Å². The number of fused-ring (bicyclic) bond motifs is 1. The number of hydrogen-bond acceptors (Lipinski definition) is 5. The lowest BCUT2D eigenvalue weighted by Gasteiger charge is -2.36. The number of hydrogen-bond donors (Lipinski definition) is 4. The topological polar surface area (TPSA) is 107 Å².